The van der Waals surface area contributed by atoms with Crippen molar-refractivity contribution < 1.29 is 36.2 Å². The van der Waals surface area contributed by atoms with E-state index in [1.807, 2.05) is 13.8 Å². The van der Waals surface area contributed by atoms with Gasteiger partial charge in [-0.1, -0.05) is 26.7 Å². The monoisotopic (exact) mass is 338 g/mol. The van der Waals surface area contributed by atoms with Crippen LogP contribution in [0.1, 0.15) is 46.5 Å². The lowest BCUT2D eigenvalue weighted by molar-refractivity contribution is -0.0228. The van der Waals surface area contributed by atoms with Crippen molar-refractivity contribution in [3.05, 3.63) is 0 Å². The first-order valence-corrected chi connectivity index (χ1v) is 9.34. The van der Waals surface area contributed by atoms with E-state index < -0.39 is 26.5 Å². The third-order valence-corrected chi connectivity index (χ3v) is 3.12. The van der Waals surface area contributed by atoms with E-state index in [0.717, 1.165) is 12.8 Å². The van der Waals surface area contributed by atoms with Gasteiger partial charge in [0.1, 0.15) is 6.29 Å². The molecule has 0 aliphatic heterocycles. The average molecular weight is 338 g/mol. The van der Waals surface area contributed by atoms with Crippen LogP contribution in [-0.2, 0) is 20.2 Å². The number of rotatable bonds is 6. The summed E-state index contributed by atoms with van der Waals surface area (Å²) in [6.07, 6.45) is 1.50. The zero-order valence-electron chi connectivity index (χ0n) is 12.1. The van der Waals surface area contributed by atoms with Crippen molar-refractivity contribution >= 4 is 20.2 Å². The molecule has 0 aliphatic rings. The Morgan fingerprint density at radius 3 is 1.05 bits per heavy atom. The summed E-state index contributed by atoms with van der Waals surface area (Å²) in [7, 11) is -7.37. The SMILES string of the molecule is CC(O)O.CCCCS(=O)(=O)O.CCCCS(=O)(=O)O. The largest absolute Gasteiger partial charge is 0.368 e. The molecule has 0 saturated heterocycles. The van der Waals surface area contributed by atoms with Crippen LogP contribution >= 0.6 is 0 Å². The third-order valence-electron chi connectivity index (χ3n) is 1.51. The van der Waals surface area contributed by atoms with Crippen LogP contribution < -0.4 is 0 Å². The van der Waals surface area contributed by atoms with Gasteiger partial charge < -0.3 is 10.2 Å². The molecule has 4 N–H and O–H groups in total. The molecule has 0 aromatic rings. The number of hydrogen-bond acceptors (Lipinski definition) is 6. The van der Waals surface area contributed by atoms with Crippen LogP contribution in [0.5, 0.6) is 0 Å². The lowest BCUT2D eigenvalue weighted by Gasteiger charge is -1.90. The molecule has 0 fully saturated rings. The fraction of sp³-hybridized carbons (Fsp3) is 1.00. The highest BCUT2D eigenvalue weighted by Gasteiger charge is 2.00. The quantitative estimate of drug-likeness (QED) is 0.407. The number of aliphatic hydroxyl groups excluding tert-OH is 1. The van der Waals surface area contributed by atoms with Crippen molar-refractivity contribution in [3.63, 3.8) is 0 Å². The molecule has 0 radical (unpaired) electrons. The zero-order chi connectivity index (χ0) is 16.8. The lowest BCUT2D eigenvalue weighted by Crippen LogP contribution is -2.02. The van der Waals surface area contributed by atoms with Crippen molar-refractivity contribution in [2.75, 3.05) is 11.5 Å². The molecular weight excluding hydrogens is 312 g/mol. The van der Waals surface area contributed by atoms with Gasteiger partial charge in [0.15, 0.2) is 0 Å². The molecular formula is C10H26O8S2. The first kappa shape index (κ1) is 24.7. The summed E-state index contributed by atoms with van der Waals surface area (Å²) in [5.41, 5.74) is 0. The Balaban J connectivity index is -0.000000230. The molecule has 126 valence electrons. The fourth-order valence-corrected chi connectivity index (χ4v) is 1.96. The normalized spacial score (nSPS) is 11.2. The van der Waals surface area contributed by atoms with Gasteiger partial charge in [-0.2, -0.15) is 16.8 Å². The Morgan fingerprint density at radius 2 is 1.00 bits per heavy atom. The van der Waals surface area contributed by atoms with Gasteiger partial charge in [0.05, 0.1) is 11.5 Å². The van der Waals surface area contributed by atoms with Gasteiger partial charge in [-0.15, -0.1) is 0 Å². The molecule has 8 nitrogen and oxygen atoms in total. The molecule has 0 bridgehead atoms. The summed E-state index contributed by atoms with van der Waals surface area (Å²) in [4.78, 5) is 0. The molecule has 10 heteroatoms. The second kappa shape index (κ2) is 13.7. The van der Waals surface area contributed by atoms with Crippen molar-refractivity contribution in [2.24, 2.45) is 0 Å². The van der Waals surface area contributed by atoms with Gasteiger partial charge in [0.25, 0.3) is 20.2 Å². The van der Waals surface area contributed by atoms with Crippen molar-refractivity contribution in [1.29, 1.82) is 0 Å². The van der Waals surface area contributed by atoms with Gasteiger partial charge in [0, 0.05) is 0 Å². The summed E-state index contributed by atoms with van der Waals surface area (Å²) in [6, 6.07) is 0. The predicted molar refractivity (Wildman–Crippen MR) is 76.5 cm³/mol. The van der Waals surface area contributed by atoms with E-state index >= 15 is 0 Å². The Morgan fingerprint density at radius 1 is 0.800 bits per heavy atom. The second-order valence-corrected chi connectivity index (χ2v) is 7.06. The number of aliphatic hydroxyl groups is 2. The van der Waals surface area contributed by atoms with Crippen LogP contribution in [0.2, 0.25) is 0 Å². The molecule has 0 spiro atoms. The maximum atomic E-state index is 9.95. The van der Waals surface area contributed by atoms with E-state index in [1.54, 1.807) is 0 Å². The van der Waals surface area contributed by atoms with E-state index in [1.165, 1.54) is 6.92 Å². The maximum Gasteiger partial charge on any atom is 0.264 e. The molecule has 0 heterocycles. The van der Waals surface area contributed by atoms with Gasteiger partial charge >= 0.3 is 0 Å². The van der Waals surface area contributed by atoms with Crippen LogP contribution in [0.15, 0.2) is 0 Å². The van der Waals surface area contributed by atoms with Crippen LogP contribution in [0, 0.1) is 0 Å². The van der Waals surface area contributed by atoms with Gasteiger partial charge in [-0.3, -0.25) is 9.11 Å². The first-order chi connectivity index (χ1) is 8.85. The summed E-state index contributed by atoms with van der Waals surface area (Å²) in [6.45, 7) is 5.01. The highest BCUT2D eigenvalue weighted by atomic mass is 32.2. The number of hydrogen-bond donors (Lipinski definition) is 4. The second-order valence-electron chi connectivity index (χ2n) is 3.91. The van der Waals surface area contributed by atoms with E-state index in [0.29, 0.717) is 12.8 Å². The minimum atomic E-state index is -3.69. The number of unbranched alkanes of at least 4 members (excludes halogenated alkanes) is 2. The standard InChI is InChI=1S/2C4H10O3S.C2H6O2/c2*1-2-3-4-8(5,6)7;1-2(3)4/h2*2-4H2,1H3,(H,5,6,7);2-4H,1H3. The molecule has 0 amide bonds. The Bertz CT molecular complexity index is 347. The van der Waals surface area contributed by atoms with Gasteiger partial charge in [0.2, 0.25) is 0 Å². The lowest BCUT2D eigenvalue weighted by atomic mass is 10.4. The first-order valence-electron chi connectivity index (χ1n) is 6.12. The Hall–Kier alpha value is -0.260. The van der Waals surface area contributed by atoms with E-state index in [2.05, 4.69) is 0 Å². The smallest absolute Gasteiger partial charge is 0.264 e. The average Bonchev–Trinajstić information content (AvgIpc) is 2.21. The molecule has 0 aromatic heterocycles. The summed E-state index contributed by atoms with van der Waals surface area (Å²) in [5, 5.41) is 15.2. The van der Waals surface area contributed by atoms with Gasteiger partial charge in [-0.05, 0) is 19.8 Å². The van der Waals surface area contributed by atoms with Crippen LogP contribution in [0.4, 0.5) is 0 Å². The topological polar surface area (TPSA) is 149 Å². The minimum Gasteiger partial charge on any atom is -0.368 e. The van der Waals surface area contributed by atoms with Crippen LogP contribution in [0.3, 0.4) is 0 Å². The summed E-state index contributed by atoms with van der Waals surface area (Å²) in [5.74, 6) is -0.215. The summed E-state index contributed by atoms with van der Waals surface area (Å²) < 4.78 is 56.0. The van der Waals surface area contributed by atoms with E-state index in [4.69, 9.17) is 19.3 Å². The molecule has 0 aliphatic carbocycles. The maximum absolute atomic E-state index is 9.95. The van der Waals surface area contributed by atoms with E-state index in [9.17, 15) is 16.8 Å². The molecule has 20 heavy (non-hydrogen) atoms. The van der Waals surface area contributed by atoms with E-state index in [-0.39, 0.29) is 11.5 Å². The van der Waals surface area contributed by atoms with Crippen molar-refractivity contribution in [3.8, 4) is 0 Å². The Kier molecular flexibility index (Phi) is 17.0. The molecule has 0 aromatic carbocycles. The zero-order valence-corrected chi connectivity index (χ0v) is 13.7. The summed E-state index contributed by atoms with van der Waals surface area (Å²) >= 11 is 0. The van der Waals surface area contributed by atoms with Gasteiger partial charge in [-0.25, -0.2) is 0 Å². The molecule has 0 saturated carbocycles. The highest BCUT2D eigenvalue weighted by molar-refractivity contribution is 7.86. The minimum absolute atomic E-state index is 0.108. The van der Waals surface area contributed by atoms with Crippen LogP contribution in [-0.4, -0.2) is 53.9 Å². The van der Waals surface area contributed by atoms with Crippen molar-refractivity contribution in [2.45, 2.75) is 52.7 Å². The third kappa shape index (κ3) is 52.4. The molecule has 0 unspecified atom stereocenters. The van der Waals surface area contributed by atoms with Crippen LogP contribution in [0.25, 0.3) is 0 Å². The molecule has 0 rings (SSSR count). The Labute approximate surface area is 121 Å². The molecule has 0 atom stereocenters. The highest BCUT2D eigenvalue weighted by Crippen LogP contribution is 1.91. The fourth-order valence-electron chi connectivity index (χ4n) is 0.653. The van der Waals surface area contributed by atoms with Crippen molar-refractivity contribution in [1.82, 2.24) is 0 Å². The predicted octanol–water partition coefficient (Wildman–Crippen LogP) is 0.666.